The van der Waals surface area contributed by atoms with Crippen LogP contribution in [-0.4, -0.2) is 16.4 Å². The van der Waals surface area contributed by atoms with Gasteiger partial charge in [0.1, 0.15) is 0 Å². The maximum atomic E-state index is 12.7. The zero-order valence-electron chi connectivity index (χ0n) is 13.3. The first-order valence-corrected chi connectivity index (χ1v) is 9.01. The van der Waals surface area contributed by atoms with Crippen molar-refractivity contribution in [2.24, 2.45) is 16.7 Å². The summed E-state index contributed by atoms with van der Waals surface area (Å²) in [6.07, 6.45) is 10.8. The van der Waals surface area contributed by atoms with Gasteiger partial charge < -0.3 is 5.32 Å². The third-order valence-corrected chi connectivity index (χ3v) is 6.41. The number of pyridine rings is 1. The maximum absolute atomic E-state index is 12.7. The number of hydrogen-bond acceptors (Lipinski definition) is 2. The van der Waals surface area contributed by atoms with E-state index in [-0.39, 0.29) is 11.4 Å². The largest absolute Gasteiger partial charge is 0.347 e. The van der Waals surface area contributed by atoms with Crippen LogP contribution in [0.15, 0.2) is 22.9 Å². The average molecular weight is 363 g/mol. The normalized spacial score (nSPS) is 42.4. The molecule has 4 fully saturated rings. The van der Waals surface area contributed by atoms with Gasteiger partial charge in [-0.2, -0.15) is 0 Å². The lowest BCUT2D eigenvalue weighted by atomic mass is 9.43. The summed E-state index contributed by atoms with van der Waals surface area (Å²) in [5.74, 6) is 0.815. The van der Waals surface area contributed by atoms with Gasteiger partial charge in [-0.3, -0.25) is 9.78 Å². The molecule has 1 aromatic heterocycles. The number of halogens is 1. The Morgan fingerprint density at radius 2 is 1.86 bits per heavy atom. The van der Waals surface area contributed by atoms with Crippen molar-refractivity contribution in [3.63, 3.8) is 0 Å². The zero-order valence-corrected chi connectivity index (χ0v) is 14.9. The lowest BCUT2D eigenvalue weighted by Gasteiger charge is -2.65. The summed E-state index contributed by atoms with van der Waals surface area (Å²) in [6, 6.07) is 1.85. The number of nitrogens with one attached hydrogen (secondary N) is 1. The second-order valence-electron chi connectivity index (χ2n) is 8.76. The maximum Gasteiger partial charge on any atom is 0.253 e. The number of hydrogen-bond donors (Lipinski definition) is 1. The van der Waals surface area contributed by atoms with E-state index < -0.39 is 0 Å². The van der Waals surface area contributed by atoms with Gasteiger partial charge in [0.2, 0.25) is 0 Å². The summed E-state index contributed by atoms with van der Waals surface area (Å²) < 4.78 is 0.851. The van der Waals surface area contributed by atoms with E-state index in [4.69, 9.17) is 0 Å². The number of aromatic nitrogens is 1. The van der Waals surface area contributed by atoms with Crippen molar-refractivity contribution in [2.45, 2.75) is 57.9 Å². The van der Waals surface area contributed by atoms with Crippen LogP contribution < -0.4 is 5.32 Å². The summed E-state index contributed by atoms with van der Waals surface area (Å²) in [4.78, 5) is 16.8. The molecule has 3 nitrogen and oxygen atoms in total. The summed E-state index contributed by atoms with van der Waals surface area (Å²) in [5, 5.41) is 3.42. The molecule has 2 atom stereocenters. The predicted molar refractivity (Wildman–Crippen MR) is 89.5 cm³/mol. The third-order valence-electron chi connectivity index (χ3n) is 5.97. The van der Waals surface area contributed by atoms with Gasteiger partial charge >= 0.3 is 0 Å². The van der Waals surface area contributed by atoms with E-state index in [1.165, 1.54) is 19.3 Å². The van der Waals surface area contributed by atoms with Gasteiger partial charge in [-0.25, -0.2) is 0 Å². The Morgan fingerprint density at radius 1 is 1.18 bits per heavy atom. The molecule has 4 bridgehead atoms. The van der Waals surface area contributed by atoms with E-state index in [9.17, 15) is 4.79 Å². The highest BCUT2D eigenvalue weighted by Crippen LogP contribution is 2.66. The Balaban J connectivity index is 1.61. The number of carbonyl (C=O) groups is 1. The van der Waals surface area contributed by atoms with Gasteiger partial charge in [-0.15, -0.1) is 0 Å². The van der Waals surface area contributed by atoms with Gasteiger partial charge in [0, 0.05) is 22.4 Å². The van der Waals surface area contributed by atoms with Crippen LogP contribution in [0.4, 0.5) is 0 Å². The zero-order chi connectivity index (χ0) is 15.6. The third kappa shape index (κ3) is 2.40. The minimum absolute atomic E-state index is 0.00230. The predicted octanol–water partition coefficient (Wildman–Crippen LogP) is 4.32. The molecule has 2 unspecified atom stereocenters. The second kappa shape index (κ2) is 4.56. The molecule has 4 heteroatoms. The Bertz CT molecular complexity index is 626. The van der Waals surface area contributed by atoms with Gasteiger partial charge in [0.15, 0.2) is 0 Å². The molecule has 1 amide bonds. The smallest absolute Gasteiger partial charge is 0.253 e. The summed E-state index contributed by atoms with van der Waals surface area (Å²) in [6.45, 7) is 4.86. The van der Waals surface area contributed by atoms with Crippen LogP contribution in [0, 0.1) is 16.7 Å². The van der Waals surface area contributed by atoms with Crippen molar-refractivity contribution in [1.29, 1.82) is 0 Å². The van der Waals surface area contributed by atoms with Gasteiger partial charge in [0.05, 0.1) is 5.56 Å². The monoisotopic (exact) mass is 362 g/mol. The first kappa shape index (κ1) is 14.7. The molecule has 0 radical (unpaired) electrons. The van der Waals surface area contributed by atoms with Crippen molar-refractivity contribution in [3.05, 3.63) is 28.5 Å². The second-order valence-corrected chi connectivity index (χ2v) is 9.67. The van der Waals surface area contributed by atoms with Crippen LogP contribution in [0.5, 0.6) is 0 Å². The van der Waals surface area contributed by atoms with Crippen LogP contribution in [0.3, 0.4) is 0 Å². The highest BCUT2D eigenvalue weighted by molar-refractivity contribution is 9.10. The molecule has 0 saturated heterocycles. The molecule has 5 rings (SSSR count). The van der Waals surface area contributed by atoms with Gasteiger partial charge in [-0.05, 0) is 77.3 Å². The van der Waals surface area contributed by atoms with Crippen molar-refractivity contribution in [3.8, 4) is 0 Å². The summed E-state index contributed by atoms with van der Waals surface area (Å²) in [5.41, 5.74) is 1.48. The highest BCUT2D eigenvalue weighted by Gasteiger charge is 2.60. The van der Waals surface area contributed by atoms with Crippen LogP contribution in [-0.2, 0) is 0 Å². The number of rotatable bonds is 2. The molecule has 4 saturated carbocycles. The molecule has 0 spiro atoms. The van der Waals surface area contributed by atoms with Crippen LogP contribution in [0.25, 0.3) is 0 Å². The van der Waals surface area contributed by atoms with Crippen LogP contribution in [0.2, 0.25) is 0 Å². The van der Waals surface area contributed by atoms with E-state index in [1.807, 2.05) is 6.07 Å². The van der Waals surface area contributed by atoms with E-state index in [1.54, 1.807) is 12.4 Å². The number of amides is 1. The molecular formula is C18H23BrN2O. The quantitative estimate of drug-likeness (QED) is 0.850. The topological polar surface area (TPSA) is 42.0 Å². The minimum atomic E-state index is 0.00230. The van der Waals surface area contributed by atoms with Crippen molar-refractivity contribution < 1.29 is 4.79 Å². The molecular weight excluding hydrogens is 340 g/mol. The molecule has 0 aliphatic heterocycles. The van der Waals surface area contributed by atoms with Crippen LogP contribution in [0.1, 0.15) is 62.7 Å². The molecule has 118 valence electrons. The Kier molecular flexibility index (Phi) is 3.04. The summed E-state index contributed by atoms with van der Waals surface area (Å²) in [7, 11) is 0. The molecule has 4 aliphatic rings. The standard InChI is InChI=1S/C18H23BrN2O/c1-16-4-12-5-17(2,9-16)11-18(6-12,10-16)21-15(22)13-3-14(19)8-20-7-13/h3,7-8,12H,4-6,9-11H2,1-2H3,(H,21,22). The fourth-order valence-electron chi connectivity index (χ4n) is 6.44. The van der Waals surface area contributed by atoms with Crippen molar-refractivity contribution >= 4 is 21.8 Å². The molecule has 1 N–H and O–H groups in total. The summed E-state index contributed by atoms with van der Waals surface area (Å²) >= 11 is 3.40. The van der Waals surface area contributed by atoms with Crippen molar-refractivity contribution in [1.82, 2.24) is 10.3 Å². The van der Waals surface area contributed by atoms with Gasteiger partial charge in [0.25, 0.3) is 5.91 Å². The Morgan fingerprint density at radius 3 is 2.45 bits per heavy atom. The lowest BCUT2D eigenvalue weighted by Crippen LogP contribution is -2.65. The van der Waals surface area contributed by atoms with E-state index in [2.05, 4.69) is 40.1 Å². The lowest BCUT2D eigenvalue weighted by molar-refractivity contribution is -0.114. The SMILES string of the molecule is CC12CC3CC(C)(C1)CC(NC(=O)c1cncc(Br)c1)(C3)C2. The van der Waals surface area contributed by atoms with Gasteiger partial charge in [-0.1, -0.05) is 13.8 Å². The van der Waals surface area contributed by atoms with E-state index in [0.29, 0.717) is 16.4 Å². The molecule has 0 aromatic carbocycles. The molecule has 4 aliphatic carbocycles. The van der Waals surface area contributed by atoms with Crippen molar-refractivity contribution in [2.75, 3.05) is 0 Å². The molecule has 1 heterocycles. The average Bonchev–Trinajstić information content (AvgIpc) is 2.33. The first-order valence-electron chi connectivity index (χ1n) is 8.22. The highest BCUT2D eigenvalue weighted by atomic mass is 79.9. The number of nitrogens with zero attached hydrogens (tertiary/aromatic N) is 1. The van der Waals surface area contributed by atoms with E-state index >= 15 is 0 Å². The van der Waals surface area contributed by atoms with Crippen LogP contribution >= 0.6 is 15.9 Å². The fourth-order valence-corrected chi connectivity index (χ4v) is 6.80. The Hall–Kier alpha value is -0.900. The number of carbonyl (C=O) groups excluding carboxylic acids is 1. The Labute approximate surface area is 140 Å². The van der Waals surface area contributed by atoms with E-state index in [0.717, 1.165) is 29.7 Å². The molecule has 22 heavy (non-hydrogen) atoms. The first-order chi connectivity index (χ1) is 10.3. The minimum Gasteiger partial charge on any atom is -0.347 e. The molecule has 1 aromatic rings. The fraction of sp³-hybridized carbons (Fsp3) is 0.667.